The molecule has 31 heavy (non-hydrogen) atoms. The zero-order valence-electron chi connectivity index (χ0n) is 17.1. The molecule has 1 N–H and O–H groups in total. The summed E-state index contributed by atoms with van der Waals surface area (Å²) < 4.78 is 22.2. The van der Waals surface area contributed by atoms with Crippen LogP contribution in [0.1, 0.15) is 22.2 Å². The first-order valence-corrected chi connectivity index (χ1v) is 9.86. The quantitative estimate of drug-likeness (QED) is 0.676. The number of amides is 1. The summed E-state index contributed by atoms with van der Waals surface area (Å²) in [6.07, 6.45) is 1.13. The van der Waals surface area contributed by atoms with E-state index in [1.807, 2.05) is 18.2 Å². The summed E-state index contributed by atoms with van der Waals surface area (Å²) in [6.45, 7) is 1.02. The van der Waals surface area contributed by atoms with Gasteiger partial charge in [0.15, 0.2) is 17.7 Å². The van der Waals surface area contributed by atoms with Gasteiger partial charge < -0.3 is 24.3 Å². The molecule has 3 aromatic rings. The van der Waals surface area contributed by atoms with Gasteiger partial charge in [0.25, 0.3) is 5.91 Å². The predicted octanol–water partition coefficient (Wildman–Crippen LogP) is 3.64. The molecule has 1 amide bonds. The Labute approximate surface area is 179 Å². The zero-order chi connectivity index (χ0) is 21.4. The second-order valence-corrected chi connectivity index (χ2v) is 7.05. The third kappa shape index (κ3) is 3.26. The Hall–Kier alpha value is -3.94. The Morgan fingerprint density at radius 2 is 1.87 bits per heavy atom. The largest absolute Gasteiger partial charge is 0.497 e. The number of nitrogens with zero attached hydrogens (tertiary/aromatic N) is 2. The monoisotopic (exact) mass is 419 g/mol. The van der Waals surface area contributed by atoms with Crippen LogP contribution < -0.4 is 29.2 Å². The number of aromatic nitrogens is 1. The summed E-state index contributed by atoms with van der Waals surface area (Å²) in [7, 11) is 3.15. The van der Waals surface area contributed by atoms with Gasteiger partial charge in [0.1, 0.15) is 24.7 Å². The van der Waals surface area contributed by atoms with Crippen LogP contribution in [0.15, 0.2) is 54.7 Å². The second-order valence-electron chi connectivity index (χ2n) is 7.05. The molecule has 8 heteroatoms. The third-order valence-corrected chi connectivity index (χ3v) is 5.30. The van der Waals surface area contributed by atoms with E-state index in [-0.39, 0.29) is 5.91 Å². The van der Waals surface area contributed by atoms with Gasteiger partial charge in [0.05, 0.1) is 31.2 Å². The number of hydrogen-bond acceptors (Lipinski definition) is 7. The summed E-state index contributed by atoms with van der Waals surface area (Å²) in [6, 6.07) is 14.5. The highest BCUT2D eigenvalue weighted by molar-refractivity contribution is 6.11. The summed E-state index contributed by atoms with van der Waals surface area (Å²) in [5.41, 5.74) is 2.52. The van der Waals surface area contributed by atoms with Gasteiger partial charge in [-0.05, 0) is 36.4 Å². The van der Waals surface area contributed by atoms with Crippen molar-refractivity contribution in [3.8, 4) is 23.0 Å². The van der Waals surface area contributed by atoms with E-state index in [0.717, 1.165) is 5.69 Å². The van der Waals surface area contributed by atoms with Crippen LogP contribution in [0.2, 0.25) is 0 Å². The first-order valence-electron chi connectivity index (χ1n) is 9.86. The molecule has 0 saturated carbocycles. The number of benzene rings is 2. The van der Waals surface area contributed by atoms with Gasteiger partial charge in [-0.15, -0.1) is 0 Å². The SMILES string of the molecule is COc1ccc(OC)c(N2C(=O)c3cccnc3C2Nc2ccc3c(c2)OCCO3)c1. The number of carbonyl (C=O) groups excluding carboxylic acids is 1. The van der Waals surface area contributed by atoms with E-state index in [0.29, 0.717) is 53.2 Å². The maximum absolute atomic E-state index is 13.4. The molecule has 5 rings (SSSR count). The van der Waals surface area contributed by atoms with E-state index in [2.05, 4.69) is 10.3 Å². The molecule has 3 heterocycles. The molecule has 0 aliphatic carbocycles. The van der Waals surface area contributed by atoms with E-state index in [1.165, 1.54) is 0 Å². The van der Waals surface area contributed by atoms with Crippen molar-refractivity contribution in [1.82, 2.24) is 4.98 Å². The van der Waals surface area contributed by atoms with Gasteiger partial charge in [-0.2, -0.15) is 0 Å². The molecule has 158 valence electrons. The molecule has 2 aromatic carbocycles. The van der Waals surface area contributed by atoms with Gasteiger partial charge in [-0.3, -0.25) is 14.7 Å². The lowest BCUT2D eigenvalue weighted by molar-refractivity contribution is 0.0992. The molecule has 0 spiro atoms. The fraction of sp³-hybridized carbons (Fsp3) is 0.217. The molecule has 0 fully saturated rings. The van der Waals surface area contributed by atoms with Crippen molar-refractivity contribution in [3.05, 3.63) is 66.0 Å². The van der Waals surface area contributed by atoms with Gasteiger partial charge in [0, 0.05) is 24.0 Å². The number of methoxy groups -OCH3 is 2. The van der Waals surface area contributed by atoms with E-state index < -0.39 is 6.17 Å². The van der Waals surface area contributed by atoms with Crippen molar-refractivity contribution in [3.63, 3.8) is 0 Å². The second kappa shape index (κ2) is 7.71. The minimum Gasteiger partial charge on any atom is -0.497 e. The van der Waals surface area contributed by atoms with E-state index >= 15 is 0 Å². The maximum Gasteiger partial charge on any atom is 0.262 e. The number of ether oxygens (including phenoxy) is 4. The highest BCUT2D eigenvalue weighted by Gasteiger charge is 2.40. The van der Waals surface area contributed by atoms with Crippen molar-refractivity contribution >= 4 is 17.3 Å². The normalized spacial score (nSPS) is 16.6. The van der Waals surface area contributed by atoms with Crippen LogP contribution in [-0.2, 0) is 0 Å². The summed E-state index contributed by atoms with van der Waals surface area (Å²) >= 11 is 0. The number of carbonyl (C=O) groups is 1. The van der Waals surface area contributed by atoms with E-state index in [4.69, 9.17) is 18.9 Å². The van der Waals surface area contributed by atoms with Gasteiger partial charge >= 0.3 is 0 Å². The number of anilines is 2. The molecule has 1 aromatic heterocycles. The van der Waals surface area contributed by atoms with Crippen LogP contribution >= 0.6 is 0 Å². The molecule has 0 radical (unpaired) electrons. The van der Waals surface area contributed by atoms with E-state index in [9.17, 15) is 4.79 Å². The van der Waals surface area contributed by atoms with Gasteiger partial charge in [-0.1, -0.05) is 0 Å². The van der Waals surface area contributed by atoms with Crippen molar-refractivity contribution in [1.29, 1.82) is 0 Å². The van der Waals surface area contributed by atoms with Crippen LogP contribution in [0.3, 0.4) is 0 Å². The Kier molecular flexibility index (Phi) is 4.74. The third-order valence-electron chi connectivity index (χ3n) is 5.30. The number of rotatable bonds is 5. The minimum atomic E-state index is -0.549. The van der Waals surface area contributed by atoms with Crippen molar-refractivity contribution in [2.24, 2.45) is 0 Å². The number of fused-ring (bicyclic) bond motifs is 2. The fourth-order valence-corrected chi connectivity index (χ4v) is 3.84. The molecular weight excluding hydrogens is 398 g/mol. The summed E-state index contributed by atoms with van der Waals surface area (Å²) in [5.74, 6) is 2.35. The lowest BCUT2D eigenvalue weighted by Crippen LogP contribution is -2.32. The topological polar surface area (TPSA) is 82.2 Å². The molecule has 1 unspecified atom stereocenters. The Bertz CT molecular complexity index is 1150. The lowest BCUT2D eigenvalue weighted by Gasteiger charge is -2.28. The zero-order valence-corrected chi connectivity index (χ0v) is 17.1. The maximum atomic E-state index is 13.4. The molecule has 1 atom stereocenters. The van der Waals surface area contributed by atoms with Crippen LogP contribution in [-0.4, -0.2) is 38.3 Å². The Balaban J connectivity index is 1.59. The lowest BCUT2D eigenvalue weighted by atomic mass is 10.2. The van der Waals surface area contributed by atoms with Crippen molar-refractivity contribution in [2.45, 2.75) is 6.17 Å². The van der Waals surface area contributed by atoms with Crippen LogP contribution in [0, 0.1) is 0 Å². The van der Waals surface area contributed by atoms with Crippen LogP contribution in [0.25, 0.3) is 0 Å². The van der Waals surface area contributed by atoms with Gasteiger partial charge in [0.2, 0.25) is 0 Å². The Morgan fingerprint density at radius 3 is 2.68 bits per heavy atom. The summed E-state index contributed by atoms with van der Waals surface area (Å²) in [4.78, 5) is 19.5. The van der Waals surface area contributed by atoms with Crippen LogP contribution in [0.4, 0.5) is 11.4 Å². The molecule has 2 aliphatic heterocycles. The standard InChI is InChI=1S/C23H21N3O5/c1-28-15-6-8-18(29-2)17(13-15)26-22(21-16(23(26)27)4-3-9-24-21)25-14-5-7-19-20(12-14)31-11-10-30-19/h3-9,12-13,22,25H,10-11H2,1-2H3. The number of pyridine rings is 1. The first kappa shape index (κ1) is 19.0. The predicted molar refractivity (Wildman–Crippen MR) is 114 cm³/mol. The average molecular weight is 419 g/mol. The van der Waals surface area contributed by atoms with Crippen LogP contribution in [0.5, 0.6) is 23.0 Å². The highest BCUT2D eigenvalue weighted by Crippen LogP contribution is 2.43. The summed E-state index contributed by atoms with van der Waals surface area (Å²) in [5, 5.41) is 3.43. The van der Waals surface area contributed by atoms with Crippen molar-refractivity contribution < 1.29 is 23.7 Å². The van der Waals surface area contributed by atoms with Gasteiger partial charge in [-0.25, -0.2) is 0 Å². The first-order chi connectivity index (χ1) is 15.2. The molecule has 0 bridgehead atoms. The Morgan fingerprint density at radius 1 is 1.03 bits per heavy atom. The average Bonchev–Trinajstić information content (AvgIpc) is 3.10. The molecule has 2 aliphatic rings. The smallest absolute Gasteiger partial charge is 0.262 e. The number of nitrogens with one attached hydrogen (secondary N) is 1. The van der Waals surface area contributed by atoms with E-state index in [1.54, 1.807) is 55.6 Å². The highest BCUT2D eigenvalue weighted by atomic mass is 16.6. The fourth-order valence-electron chi connectivity index (χ4n) is 3.84. The molecule has 0 saturated heterocycles. The number of hydrogen-bond donors (Lipinski definition) is 1. The van der Waals surface area contributed by atoms with Crippen molar-refractivity contribution in [2.75, 3.05) is 37.7 Å². The molecule has 8 nitrogen and oxygen atoms in total. The molecular formula is C23H21N3O5. The minimum absolute atomic E-state index is 0.176.